The van der Waals surface area contributed by atoms with Crippen molar-refractivity contribution >= 4 is 6.41 Å². The molecule has 0 bridgehead atoms. The normalized spacial score (nSPS) is 29.8. The molecule has 1 aliphatic heterocycles. The van der Waals surface area contributed by atoms with Gasteiger partial charge in [-0.3, -0.25) is 4.79 Å². The molecule has 4 heteroatoms. The van der Waals surface area contributed by atoms with Crippen LogP contribution in [0.5, 0.6) is 0 Å². The van der Waals surface area contributed by atoms with Gasteiger partial charge in [0.15, 0.2) is 0 Å². The fraction of sp³-hybridized carbons (Fsp3) is 0.875. The van der Waals surface area contributed by atoms with Crippen molar-refractivity contribution in [2.24, 2.45) is 0 Å². The molecule has 2 atom stereocenters. The summed E-state index contributed by atoms with van der Waals surface area (Å²) in [6.07, 6.45) is 1.86. The zero-order valence-corrected chi connectivity index (χ0v) is 7.47. The molecule has 1 amide bonds. The standard InChI is InChI=1S/C8H17N3O/c1-2-10-7-3-4-9-5-8(7)11-6-12/h6-10H,2-5H2,1H3,(H,11,12). The van der Waals surface area contributed by atoms with E-state index in [1.165, 1.54) is 0 Å². The van der Waals surface area contributed by atoms with Gasteiger partial charge in [0.05, 0.1) is 6.04 Å². The van der Waals surface area contributed by atoms with Crippen LogP contribution in [0.2, 0.25) is 0 Å². The predicted molar refractivity (Wildman–Crippen MR) is 47.9 cm³/mol. The molecule has 0 aromatic carbocycles. The van der Waals surface area contributed by atoms with Crippen molar-refractivity contribution in [1.29, 1.82) is 0 Å². The van der Waals surface area contributed by atoms with Gasteiger partial charge in [-0.1, -0.05) is 6.92 Å². The monoisotopic (exact) mass is 171 g/mol. The molecule has 0 saturated carbocycles. The molecular weight excluding hydrogens is 154 g/mol. The third-order valence-electron chi connectivity index (χ3n) is 2.23. The van der Waals surface area contributed by atoms with Gasteiger partial charge in [0, 0.05) is 12.6 Å². The van der Waals surface area contributed by atoms with E-state index >= 15 is 0 Å². The van der Waals surface area contributed by atoms with Crippen molar-refractivity contribution < 1.29 is 4.79 Å². The number of nitrogens with one attached hydrogen (secondary N) is 3. The first-order valence-electron chi connectivity index (χ1n) is 4.52. The summed E-state index contributed by atoms with van der Waals surface area (Å²) in [4.78, 5) is 10.3. The van der Waals surface area contributed by atoms with Crippen LogP contribution in [-0.4, -0.2) is 38.1 Å². The fourth-order valence-corrected chi connectivity index (χ4v) is 1.63. The highest BCUT2D eigenvalue weighted by molar-refractivity contribution is 5.47. The first kappa shape index (κ1) is 9.48. The van der Waals surface area contributed by atoms with Crippen LogP contribution < -0.4 is 16.0 Å². The number of amides is 1. The van der Waals surface area contributed by atoms with Gasteiger partial charge in [0.25, 0.3) is 0 Å². The van der Waals surface area contributed by atoms with Crippen LogP contribution in [0.25, 0.3) is 0 Å². The summed E-state index contributed by atoms with van der Waals surface area (Å²) in [5.41, 5.74) is 0. The van der Waals surface area contributed by atoms with Crippen LogP contribution in [0.15, 0.2) is 0 Å². The van der Waals surface area contributed by atoms with Gasteiger partial charge >= 0.3 is 0 Å². The summed E-state index contributed by atoms with van der Waals surface area (Å²) >= 11 is 0. The lowest BCUT2D eigenvalue weighted by Gasteiger charge is -2.32. The second kappa shape index (κ2) is 5.11. The van der Waals surface area contributed by atoms with Crippen molar-refractivity contribution in [3.8, 4) is 0 Å². The van der Waals surface area contributed by atoms with Gasteiger partial charge in [-0.2, -0.15) is 0 Å². The molecule has 70 valence electrons. The number of carbonyl (C=O) groups is 1. The predicted octanol–water partition coefficient (Wildman–Crippen LogP) is -0.928. The second-order valence-corrected chi connectivity index (χ2v) is 3.05. The van der Waals surface area contributed by atoms with Gasteiger partial charge < -0.3 is 16.0 Å². The summed E-state index contributed by atoms with van der Waals surface area (Å²) in [5, 5.41) is 9.42. The van der Waals surface area contributed by atoms with E-state index in [1.54, 1.807) is 0 Å². The van der Waals surface area contributed by atoms with Crippen molar-refractivity contribution in [2.75, 3.05) is 19.6 Å². The Bertz CT molecular complexity index is 138. The van der Waals surface area contributed by atoms with E-state index in [9.17, 15) is 4.79 Å². The molecule has 0 aliphatic carbocycles. The molecular formula is C8H17N3O. The van der Waals surface area contributed by atoms with Gasteiger partial charge in [-0.15, -0.1) is 0 Å². The lowest BCUT2D eigenvalue weighted by molar-refractivity contribution is -0.110. The van der Waals surface area contributed by atoms with Gasteiger partial charge in [-0.05, 0) is 19.5 Å². The first-order valence-corrected chi connectivity index (χ1v) is 4.52. The van der Waals surface area contributed by atoms with Gasteiger partial charge in [0.1, 0.15) is 0 Å². The molecule has 0 aromatic heterocycles. The molecule has 1 aliphatic rings. The Kier molecular flexibility index (Phi) is 4.04. The number of hydrogen-bond donors (Lipinski definition) is 3. The second-order valence-electron chi connectivity index (χ2n) is 3.05. The topological polar surface area (TPSA) is 53.2 Å². The Balaban J connectivity index is 2.36. The Morgan fingerprint density at radius 1 is 1.58 bits per heavy atom. The quantitative estimate of drug-likeness (QED) is 0.479. The lowest BCUT2D eigenvalue weighted by Crippen LogP contribution is -2.57. The summed E-state index contributed by atoms with van der Waals surface area (Å²) < 4.78 is 0. The molecule has 0 radical (unpaired) electrons. The molecule has 1 heterocycles. The molecule has 1 saturated heterocycles. The summed E-state index contributed by atoms with van der Waals surface area (Å²) in [6.45, 7) is 4.95. The van der Waals surface area contributed by atoms with Crippen molar-refractivity contribution in [1.82, 2.24) is 16.0 Å². The number of rotatable bonds is 4. The molecule has 4 nitrogen and oxygen atoms in total. The minimum absolute atomic E-state index is 0.246. The maximum Gasteiger partial charge on any atom is 0.207 e. The molecule has 0 aromatic rings. The largest absolute Gasteiger partial charge is 0.353 e. The van der Waals surface area contributed by atoms with E-state index in [0.717, 1.165) is 32.5 Å². The van der Waals surface area contributed by atoms with Crippen molar-refractivity contribution in [3.63, 3.8) is 0 Å². The molecule has 3 N–H and O–H groups in total. The molecule has 1 rings (SSSR count). The summed E-state index contributed by atoms with van der Waals surface area (Å²) in [7, 11) is 0. The zero-order valence-electron chi connectivity index (χ0n) is 7.47. The zero-order chi connectivity index (χ0) is 8.81. The maximum atomic E-state index is 10.3. The molecule has 0 spiro atoms. The van der Waals surface area contributed by atoms with Crippen LogP contribution in [0.4, 0.5) is 0 Å². The fourth-order valence-electron chi connectivity index (χ4n) is 1.63. The van der Waals surface area contributed by atoms with Crippen LogP contribution in [-0.2, 0) is 4.79 Å². The van der Waals surface area contributed by atoms with E-state index in [0.29, 0.717) is 6.04 Å². The van der Waals surface area contributed by atoms with E-state index in [2.05, 4.69) is 22.9 Å². The summed E-state index contributed by atoms with van der Waals surface area (Å²) in [6, 6.07) is 0.678. The Morgan fingerprint density at radius 3 is 3.08 bits per heavy atom. The Hall–Kier alpha value is -0.610. The number of carbonyl (C=O) groups excluding carboxylic acids is 1. The van der Waals surface area contributed by atoms with Crippen LogP contribution in [0, 0.1) is 0 Å². The van der Waals surface area contributed by atoms with E-state index in [4.69, 9.17) is 0 Å². The minimum Gasteiger partial charge on any atom is -0.353 e. The average Bonchev–Trinajstić information content (AvgIpc) is 2.09. The first-order chi connectivity index (χ1) is 5.88. The smallest absolute Gasteiger partial charge is 0.207 e. The third kappa shape index (κ3) is 2.46. The number of hydrogen-bond acceptors (Lipinski definition) is 3. The van der Waals surface area contributed by atoms with Crippen molar-refractivity contribution in [2.45, 2.75) is 25.4 Å². The van der Waals surface area contributed by atoms with Gasteiger partial charge in [0.2, 0.25) is 6.41 Å². The van der Waals surface area contributed by atoms with E-state index < -0.39 is 0 Å². The summed E-state index contributed by atoms with van der Waals surface area (Å²) in [5.74, 6) is 0. The molecule has 12 heavy (non-hydrogen) atoms. The van der Waals surface area contributed by atoms with E-state index in [-0.39, 0.29) is 6.04 Å². The number of likely N-dealkylation sites (N-methyl/N-ethyl adjacent to an activating group) is 1. The number of piperidine rings is 1. The van der Waals surface area contributed by atoms with Crippen LogP contribution >= 0.6 is 0 Å². The van der Waals surface area contributed by atoms with Crippen LogP contribution in [0.1, 0.15) is 13.3 Å². The highest BCUT2D eigenvalue weighted by Gasteiger charge is 2.22. The SMILES string of the molecule is CCNC1CCNCC1NC=O. The molecule has 2 unspecified atom stereocenters. The minimum atomic E-state index is 0.246. The highest BCUT2D eigenvalue weighted by atomic mass is 16.1. The van der Waals surface area contributed by atoms with Crippen molar-refractivity contribution in [3.05, 3.63) is 0 Å². The molecule has 1 fully saturated rings. The Labute approximate surface area is 73.1 Å². The van der Waals surface area contributed by atoms with Crippen LogP contribution in [0.3, 0.4) is 0 Å². The third-order valence-corrected chi connectivity index (χ3v) is 2.23. The van der Waals surface area contributed by atoms with E-state index in [1.807, 2.05) is 0 Å². The highest BCUT2D eigenvalue weighted by Crippen LogP contribution is 2.02. The Morgan fingerprint density at radius 2 is 2.42 bits per heavy atom. The average molecular weight is 171 g/mol. The lowest BCUT2D eigenvalue weighted by atomic mass is 10.0. The van der Waals surface area contributed by atoms with Gasteiger partial charge in [-0.25, -0.2) is 0 Å². The maximum absolute atomic E-state index is 10.3.